The molecular formula is C22H25N9O2S. The standard InChI is InChI=1S/C22H25N9O2S/c1-4-13-7-5-6-8-15(13)25-21-27-18(26-20(23)28-21)12-34-22-30-29-19(31(22)24)14-9-10-16(32-2)17(11-14)33-3/h5-11H,4,12,24H2,1-3H3,(H3,23,25,26,27,28). The lowest BCUT2D eigenvalue weighted by Gasteiger charge is -2.10. The zero-order valence-electron chi connectivity index (χ0n) is 19.0. The molecule has 4 aromatic rings. The molecule has 2 aromatic carbocycles. The third kappa shape index (κ3) is 4.96. The third-order valence-corrected chi connectivity index (χ3v) is 5.92. The molecule has 34 heavy (non-hydrogen) atoms. The molecule has 0 aliphatic rings. The number of para-hydroxylation sites is 1. The van der Waals surface area contributed by atoms with Crippen LogP contribution in [0.15, 0.2) is 47.6 Å². The number of nitrogens with one attached hydrogen (secondary N) is 1. The molecule has 0 unspecified atom stereocenters. The molecule has 0 fully saturated rings. The van der Waals surface area contributed by atoms with E-state index in [1.165, 1.54) is 16.4 Å². The fraction of sp³-hybridized carbons (Fsp3) is 0.227. The summed E-state index contributed by atoms with van der Waals surface area (Å²) in [7, 11) is 3.15. The lowest BCUT2D eigenvalue weighted by molar-refractivity contribution is 0.355. The molecule has 4 rings (SSSR count). The minimum atomic E-state index is 0.127. The minimum Gasteiger partial charge on any atom is -0.493 e. The molecular weight excluding hydrogens is 454 g/mol. The number of anilines is 3. The Hall–Kier alpha value is -4.06. The van der Waals surface area contributed by atoms with E-state index in [0.717, 1.165) is 23.2 Å². The Morgan fingerprint density at radius 1 is 1.00 bits per heavy atom. The first-order valence-electron chi connectivity index (χ1n) is 10.4. The van der Waals surface area contributed by atoms with Crippen LogP contribution in [0, 0.1) is 0 Å². The Bertz CT molecular complexity index is 1300. The summed E-state index contributed by atoms with van der Waals surface area (Å²) in [5.41, 5.74) is 8.74. The van der Waals surface area contributed by atoms with Crippen LogP contribution < -0.4 is 26.4 Å². The number of hydrogen-bond donors (Lipinski definition) is 3. The number of nitrogens with two attached hydrogens (primary N) is 2. The van der Waals surface area contributed by atoms with E-state index < -0.39 is 0 Å². The van der Waals surface area contributed by atoms with Gasteiger partial charge < -0.3 is 26.4 Å². The van der Waals surface area contributed by atoms with Gasteiger partial charge in [0.05, 0.1) is 20.0 Å². The minimum absolute atomic E-state index is 0.127. The van der Waals surface area contributed by atoms with Gasteiger partial charge in [0.1, 0.15) is 5.82 Å². The smallest absolute Gasteiger partial charge is 0.232 e. The van der Waals surface area contributed by atoms with E-state index in [2.05, 4.69) is 37.4 Å². The SMILES string of the molecule is CCc1ccccc1Nc1nc(N)nc(CSc2nnc(-c3ccc(OC)c(OC)c3)n2N)n1. The average Bonchev–Trinajstić information content (AvgIpc) is 3.22. The summed E-state index contributed by atoms with van der Waals surface area (Å²) in [6.45, 7) is 2.09. The van der Waals surface area contributed by atoms with Gasteiger partial charge in [0.2, 0.25) is 17.1 Å². The van der Waals surface area contributed by atoms with Gasteiger partial charge in [-0.25, -0.2) is 4.68 Å². The molecule has 2 heterocycles. The van der Waals surface area contributed by atoms with E-state index in [4.69, 9.17) is 21.1 Å². The molecule has 0 radical (unpaired) electrons. The number of methoxy groups -OCH3 is 2. The maximum absolute atomic E-state index is 6.26. The summed E-state index contributed by atoms with van der Waals surface area (Å²) in [6, 6.07) is 13.4. The highest BCUT2D eigenvalue weighted by Crippen LogP contribution is 2.32. The van der Waals surface area contributed by atoms with Crippen LogP contribution >= 0.6 is 11.8 Å². The van der Waals surface area contributed by atoms with Gasteiger partial charge in [-0.15, -0.1) is 10.2 Å². The molecule has 0 spiro atoms. The van der Waals surface area contributed by atoms with Gasteiger partial charge >= 0.3 is 0 Å². The first-order valence-corrected chi connectivity index (χ1v) is 11.4. The van der Waals surface area contributed by atoms with Crippen molar-refractivity contribution in [2.75, 3.05) is 31.1 Å². The van der Waals surface area contributed by atoms with Gasteiger partial charge in [-0.3, -0.25) is 0 Å². The third-order valence-electron chi connectivity index (χ3n) is 4.98. The molecule has 0 aliphatic heterocycles. The van der Waals surface area contributed by atoms with Crippen molar-refractivity contribution in [2.24, 2.45) is 0 Å². The van der Waals surface area contributed by atoms with E-state index in [-0.39, 0.29) is 5.95 Å². The average molecular weight is 480 g/mol. The second kappa shape index (κ2) is 10.3. The van der Waals surface area contributed by atoms with Gasteiger partial charge in [-0.2, -0.15) is 15.0 Å². The zero-order chi connectivity index (χ0) is 24.1. The Morgan fingerprint density at radius 2 is 1.79 bits per heavy atom. The van der Waals surface area contributed by atoms with Crippen molar-refractivity contribution in [2.45, 2.75) is 24.3 Å². The molecule has 0 atom stereocenters. The summed E-state index contributed by atoms with van der Waals surface area (Å²) in [4.78, 5) is 12.9. The van der Waals surface area contributed by atoms with E-state index in [1.807, 2.05) is 30.3 Å². The second-order valence-corrected chi connectivity index (χ2v) is 8.05. The molecule has 176 valence electrons. The number of hydrogen-bond acceptors (Lipinski definition) is 11. The van der Waals surface area contributed by atoms with Crippen LogP contribution in [-0.2, 0) is 12.2 Å². The maximum atomic E-state index is 6.26. The lowest BCUT2D eigenvalue weighted by atomic mass is 10.1. The van der Waals surface area contributed by atoms with Crippen LogP contribution in [0.3, 0.4) is 0 Å². The first kappa shape index (κ1) is 23.1. The highest BCUT2D eigenvalue weighted by Gasteiger charge is 2.16. The molecule has 0 bridgehead atoms. The van der Waals surface area contributed by atoms with Crippen molar-refractivity contribution in [3.05, 3.63) is 53.9 Å². The number of aryl methyl sites for hydroxylation is 1. The first-order chi connectivity index (χ1) is 16.5. The van der Waals surface area contributed by atoms with Gasteiger partial charge in [0, 0.05) is 11.3 Å². The Balaban J connectivity index is 1.51. The maximum Gasteiger partial charge on any atom is 0.232 e. The van der Waals surface area contributed by atoms with Gasteiger partial charge in [0.15, 0.2) is 17.3 Å². The number of rotatable bonds is 9. The predicted octanol–water partition coefficient (Wildman–Crippen LogP) is 3.04. The summed E-state index contributed by atoms with van der Waals surface area (Å²) < 4.78 is 12.1. The van der Waals surface area contributed by atoms with Crippen LogP contribution in [0.4, 0.5) is 17.6 Å². The molecule has 5 N–H and O–H groups in total. The van der Waals surface area contributed by atoms with Crippen molar-refractivity contribution in [3.63, 3.8) is 0 Å². The van der Waals surface area contributed by atoms with Crippen LogP contribution in [0.2, 0.25) is 0 Å². The quantitative estimate of drug-likeness (QED) is 0.240. The van der Waals surface area contributed by atoms with E-state index in [1.54, 1.807) is 26.4 Å². The van der Waals surface area contributed by atoms with Gasteiger partial charge in [0.25, 0.3) is 0 Å². The monoisotopic (exact) mass is 479 g/mol. The number of nitrogens with zero attached hydrogens (tertiary/aromatic N) is 6. The molecule has 0 amide bonds. The van der Waals surface area contributed by atoms with E-state index in [9.17, 15) is 0 Å². The predicted molar refractivity (Wildman–Crippen MR) is 132 cm³/mol. The Kier molecular flexibility index (Phi) is 6.97. The highest BCUT2D eigenvalue weighted by molar-refractivity contribution is 7.98. The van der Waals surface area contributed by atoms with Crippen molar-refractivity contribution >= 4 is 29.3 Å². The van der Waals surface area contributed by atoms with Crippen LogP contribution in [-0.4, -0.2) is 44.0 Å². The Labute approximate surface area is 200 Å². The molecule has 0 aliphatic carbocycles. The van der Waals surface area contributed by atoms with Crippen LogP contribution in [0.1, 0.15) is 18.3 Å². The molecule has 12 heteroatoms. The van der Waals surface area contributed by atoms with Crippen LogP contribution in [0.5, 0.6) is 11.5 Å². The van der Waals surface area contributed by atoms with E-state index in [0.29, 0.717) is 40.0 Å². The summed E-state index contributed by atoms with van der Waals surface area (Å²) in [5.74, 6) is 9.30. The largest absolute Gasteiger partial charge is 0.493 e. The van der Waals surface area contributed by atoms with Crippen molar-refractivity contribution < 1.29 is 9.47 Å². The molecule has 0 saturated heterocycles. The number of aromatic nitrogens is 6. The van der Waals surface area contributed by atoms with Gasteiger partial charge in [-0.1, -0.05) is 36.9 Å². The topological polar surface area (TPSA) is 152 Å². The van der Waals surface area contributed by atoms with E-state index >= 15 is 0 Å². The normalized spacial score (nSPS) is 10.8. The number of thioether (sulfide) groups is 1. The highest BCUT2D eigenvalue weighted by atomic mass is 32.2. The fourth-order valence-corrected chi connectivity index (χ4v) is 4.02. The molecule has 2 aromatic heterocycles. The fourth-order valence-electron chi connectivity index (χ4n) is 3.31. The summed E-state index contributed by atoms with van der Waals surface area (Å²) >= 11 is 1.34. The summed E-state index contributed by atoms with van der Waals surface area (Å²) in [5, 5.41) is 12.1. The number of ether oxygens (including phenoxy) is 2. The van der Waals surface area contributed by atoms with Crippen molar-refractivity contribution in [1.82, 2.24) is 29.8 Å². The molecule has 0 saturated carbocycles. The lowest BCUT2D eigenvalue weighted by Crippen LogP contribution is -2.12. The Morgan fingerprint density at radius 3 is 2.56 bits per heavy atom. The van der Waals surface area contributed by atoms with Gasteiger partial charge in [-0.05, 0) is 36.2 Å². The van der Waals surface area contributed by atoms with Crippen LogP contribution in [0.25, 0.3) is 11.4 Å². The van der Waals surface area contributed by atoms with Crippen molar-refractivity contribution in [3.8, 4) is 22.9 Å². The zero-order valence-corrected chi connectivity index (χ0v) is 19.8. The van der Waals surface area contributed by atoms with Crippen molar-refractivity contribution in [1.29, 1.82) is 0 Å². The second-order valence-electron chi connectivity index (χ2n) is 7.10. The molecule has 11 nitrogen and oxygen atoms in total. The number of benzene rings is 2. The summed E-state index contributed by atoms with van der Waals surface area (Å²) in [6.07, 6.45) is 0.876. The number of nitrogen functional groups attached to an aromatic ring is 2.